The summed E-state index contributed by atoms with van der Waals surface area (Å²) in [5, 5.41) is 0. The molecule has 82 valence electrons. The molecule has 0 aromatic rings. The quantitative estimate of drug-likeness (QED) is 0.560. The van der Waals surface area contributed by atoms with Gasteiger partial charge in [-0.15, -0.1) is 0 Å². The predicted molar refractivity (Wildman–Crippen MR) is 62.4 cm³/mol. The van der Waals surface area contributed by atoms with E-state index in [1.54, 1.807) is 0 Å². The molecule has 0 fully saturated rings. The Morgan fingerprint density at radius 2 is 2.00 bits per heavy atom. The van der Waals surface area contributed by atoms with Crippen LogP contribution in [0.5, 0.6) is 0 Å². The zero-order chi connectivity index (χ0) is 11.0. The molecule has 0 heterocycles. The van der Waals surface area contributed by atoms with E-state index in [0.717, 1.165) is 12.3 Å². The average molecular weight is 196 g/mol. The Hall–Kier alpha value is -0.590. The molecule has 0 aliphatic heterocycles. The van der Waals surface area contributed by atoms with Crippen LogP contribution in [0.3, 0.4) is 0 Å². The minimum atomic E-state index is 0.341. The van der Waals surface area contributed by atoms with Crippen LogP contribution in [0.2, 0.25) is 0 Å². The van der Waals surface area contributed by atoms with Crippen LogP contribution in [0, 0.1) is 5.92 Å². The molecular formula is C13H24O. The molecule has 0 saturated carbocycles. The Labute approximate surface area is 88.6 Å². The highest BCUT2D eigenvalue weighted by Crippen LogP contribution is 2.12. The van der Waals surface area contributed by atoms with Gasteiger partial charge in [0, 0.05) is 12.8 Å². The van der Waals surface area contributed by atoms with Crippen molar-refractivity contribution >= 4 is 5.78 Å². The summed E-state index contributed by atoms with van der Waals surface area (Å²) in [7, 11) is 0. The summed E-state index contributed by atoms with van der Waals surface area (Å²) in [5.74, 6) is 1.13. The van der Waals surface area contributed by atoms with Crippen molar-refractivity contribution in [2.24, 2.45) is 5.92 Å². The number of carbonyl (C=O) groups excluding carboxylic acids is 1. The standard InChI is InChI=1S/C13H24O/c1-5-13(14)10-9-12(4)8-6-7-11(2)3/h9,11H,5-8,10H2,1-4H3. The van der Waals surface area contributed by atoms with Gasteiger partial charge >= 0.3 is 0 Å². The van der Waals surface area contributed by atoms with Crippen molar-refractivity contribution in [1.82, 2.24) is 0 Å². The minimum absolute atomic E-state index is 0.341. The van der Waals surface area contributed by atoms with E-state index < -0.39 is 0 Å². The fourth-order valence-electron chi connectivity index (χ4n) is 1.32. The largest absolute Gasteiger partial charge is 0.299 e. The molecule has 14 heavy (non-hydrogen) atoms. The van der Waals surface area contributed by atoms with Crippen molar-refractivity contribution in [3.8, 4) is 0 Å². The summed E-state index contributed by atoms with van der Waals surface area (Å²) >= 11 is 0. The zero-order valence-electron chi connectivity index (χ0n) is 10.1. The smallest absolute Gasteiger partial charge is 0.136 e. The van der Waals surface area contributed by atoms with Crippen LogP contribution < -0.4 is 0 Å². The van der Waals surface area contributed by atoms with E-state index >= 15 is 0 Å². The van der Waals surface area contributed by atoms with Gasteiger partial charge in [-0.3, -0.25) is 4.79 Å². The number of ketones is 1. The molecule has 0 radical (unpaired) electrons. The molecule has 0 atom stereocenters. The van der Waals surface area contributed by atoms with Gasteiger partial charge in [-0.2, -0.15) is 0 Å². The lowest BCUT2D eigenvalue weighted by Crippen LogP contribution is -1.93. The fourth-order valence-corrected chi connectivity index (χ4v) is 1.32. The van der Waals surface area contributed by atoms with Gasteiger partial charge in [0.15, 0.2) is 0 Å². The summed E-state index contributed by atoms with van der Waals surface area (Å²) in [5.41, 5.74) is 1.37. The second kappa shape index (κ2) is 7.78. The number of carbonyl (C=O) groups is 1. The Kier molecular flexibility index (Phi) is 7.45. The Morgan fingerprint density at radius 1 is 1.36 bits per heavy atom. The lowest BCUT2D eigenvalue weighted by Gasteiger charge is -2.04. The molecule has 0 unspecified atom stereocenters. The van der Waals surface area contributed by atoms with Crippen molar-refractivity contribution in [2.45, 2.75) is 59.8 Å². The van der Waals surface area contributed by atoms with Gasteiger partial charge in [0.05, 0.1) is 0 Å². The molecule has 1 nitrogen and oxygen atoms in total. The average Bonchev–Trinajstić information content (AvgIpc) is 2.13. The predicted octanol–water partition coefficient (Wildman–Crippen LogP) is 4.13. The maximum atomic E-state index is 11.1. The highest BCUT2D eigenvalue weighted by Gasteiger charge is 1.97. The van der Waals surface area contributed by atoms with Crippen LogP contribution in [-0.2, 0) is 4.79 Å². The highest BCUT2D eigenvalue weighted by molar-refractivity contribution is 5.79. The van der Waals surface area contributed by atoms with Crippen molar-refractivity contribution in [3.63, 3.8) is 0 Å². The van der Waals surface area contributed by atoms with Crippen LogP contribution in [0.25, 0.3) is 0 Å². The van der Waals surface area contributed by atoms with Crippen LogP contribution >= 0.6 is 0 Å². The van der Waals surface area contributed by atoms with E-state index in [0.29, 0.717) is 18.6 Å². The first-order valence-electron chi connectivity index (χ1n) is 5.73. The lowest BCUT2D eigenvalue weighted by molar-refractivity contribution is -0.117. The van der Waals surface area contributed by atoms with Gasteiger partial charge in [-0.1, -0.05) is 38.8 Å². The van der Waals surface area contributed by atoms with E-state index in [2.05, 4.69) is 26.8 Å². The van der Waals surface area contributed by atoms with Gasteiger partial charge in [0.1, 0.15) is 5.78 Å². The molecule has 0 amide bonds. The SMILES string of the molecule is CCC(=O)CC=C(C)CCCC(C)C. The first-order chi connectivity index (χ1) is 6.56. The van der Waals surface area contributed by atoms with Gasteiger partial charge in [-0.05, 0) is 25.7 Å². The summed E-state index contributed by atoms with van der Waals surface area (Å²) in [6, 6.07) is 0. The van der Waals surface area contributed by atoms with Crippen molar-refractivity contribution in [1.29, 1.82) is 0 Å². The Balaban J connectivity index is 3.62. The van der Waals surface area contributed by atoms with E-state index in [9.17, 15) is 4.79 Å². The maximum Gasteiger partial charge on any atom is 0.136 e. The number of rotatable bonds is 7. The molecule has 0 aliphatic carbocycles. The third kappa shape index (κ3) is 8.03. The number of Topliss-reactive ketones (excluding diaryl/α,β-unsaturated/α-hetero) is 1. The number of hydrogen-bond donors (Lipinski definition) is 0. The topological polar surface area (TPSA) is 17.1 Å². The van der Waals surface area contributed by atoms with Crippen LogP contribution in [0.15, 0.2) is 11.6 Å². The van der Waals surface area contributed by atoms with Crippen LogP contribution in [-0.4, -0.2) is 5.78 Å². The molecule has 0 aromatic heterocycles. The molecule has 0 spiro atoms. The maximum absolute atomic E-state index is 11.1. The first-order valence-corrected chi connectivity index (χ1v) is 5.73. The van der Waals surface area contributed by atoms with Gasteiger partial charge in [0.2, 0.25) is 0 Å². The molecule has 0 saturated heterocycles. The molecule has 0 N–H and O–H groups in total. The molecule has 0 rings (SSSR count). The molecule has 0 aliphatic rings. The van der Waals surface area contributed by atoms with Crippen molar-refractivity contribution in [3.05, 3.63) is 11.6 Å². The number of allylic oxidation sites excluding steroid dienone is 2. The summed E-state index contributed by atoms with van der Waals surface area (Å²) < 4.78 is 0. The lowest BCUT2D eigenvalue weighted by atomic mass is 10.0. The summed E-state index contributed by atoms with van der Waals surface area (Å²) in [4.78, 5) is 11.1. The summed E-state index contributed by atoms with van der Waals surface area (Å²) in [6.07, 6.45) is 7.06. The fraction of sp³-hybridized carbons (Fsp3) is 0.769. The third-order valence-electron chi connectivity index (χ3n) is 2.43. The molecule has 0 bridgehead atoms. The van der Waals surface area contributed by atoms with E-state index in [1.165, 1.54) is 18.4 Å². The van der Waals surface area contributed by atoms with Gasteiger partial charge in [0.25, 0.3) is 0 Å². The minimum Gasteiger partial charge on any atom is -0.299 e. The van der Waals surface area contributed by atoms with Crippen LogP contribution in [0.1, 0.15) is 59.8 Å². The van der Waals surface area contributed by atoms with E-state index in [4.69, 9.17) is 0 Å². The molecule has 0 aromatic carbocycles. The summed E-state index contributed by atoms with van der Waals surface area (Å²) in [6.45, 7) is 8.55. The number of hydrogen-bond acceptors (Lipinski definition) is 1. The molecular weight excluding hydrogens is 172 g/mol. The van der Waals surface area contributed by atoms with Gasteiger partial charge in [-0.25, -0.2) is 0 Å². The third-order valence-corrected chi connectivity index (χ3v) is 2.43. The Bertz CT molecular complexity index is 189. The van der Waals surface area contributed by atoms with Crippen molar-refractivity contribution < 1.29 is 4.79 Å². The molecule has 1 heteroatoms. The zero-order valence-corrected chi connectivity index (χ0v) is 10.1. The van der Waals surface area contributed by atoms with E-state index in [1.807, 2.05) is 6.92 Å². The second-order valence-electron chi connectivity index (χ2n) is 4.43. The normalized spacial score (nSPS) is 12.2. The Morgan fingerprint density at radius 3 is 2.50 bits per heavy atom. The second-order valence-corrected chi connectivity index (χ2v) is 4.43. The highest BCUT2D eigenvalue weighted by atomic mass is 16.1. The van der Waals surface area contributed by atoms with E-state index in [-0.39, 0.29) is 0 Å². The van der Waals surface area contributed by atoms with Crippen LogP contribution in [0.4, 0.5) is 0 Å². The first kappa shape index (κ1) is 13.4. The van der Waals surface area contributed by atoms with Gasteiger partial charge < -0.3 is 0 Å². The monoisotopic (exact) mass is 196 g/mol. The van der Waals surface area contributed by atoms with Crippen molar-refractivity contribution in [2.75, 3.05) is 0 Å².